The summed E-state index contributed by atoms with van der Waals surface area (Å²) in [5.74, 6) is 0. The molecule has 0 aliphatic rings. The van der Waals surface area contributed by atoms with E-state index in [-0.39, 0.29) is 0 Å². The summed E-state index contributed by atoms with van der Waals surface area (Å²) in [6.07, 6.45) is 0. The van der Waals surface area contributed by atoms with E-state index in [0.717, 1.165) is 0 Å². The zero-order chi connectivity index (χ0) is 13.5. The summed E-state index contributed by atoms with van der Waals surface area (Å²) >= 11 is 2.15. The van der Waals surface area contributed by atoms with Gasteiger partial charge >= 0.3 is 127 Å². The Kier molecular flexibility index (Phi) is 2.70. The number of benzene rings is 3. The van der Waals surface area contributed by atoms with Gasteiger partial charge in [-0.25, -0.2) is 0 Å². The van der Waals surface area contributed by atoms with E-state index in [1.54, 1.807) is 0 Å². The van der Waals surface area contributed by atoms with Gasteiger partial charge in [-0.1, -0.05) is 0 Å². The van der Waals surface area contributed by atoms with E-state index in [9.17, 15) is 0 Å². The molecule has 0 aliphatic carbocycles. The molecule has 0 unspecified atom stereocenters. The van der Waals surface area contributed by atoms with Crippen LogP contribution in [0.5, 0.6) is 0 Å². The predicted octanol–water partition coefficient (Wildman–Crippen LogP) is 3.58. The van der Waals surface area contributed by atoms with Gasteiger partial charge in [0.25, 0.3) is 0 Å². The summed E-state index contributed by atoms with van der Waals surface area (Å²) in [5, 5.41) is 2.64. The molecule has 4 aromatic rings. The van der Waals surface area contributed by atoms with Crippen LogP contribution < -0.4 is 4.24 Å². The van der Waals surface area contributed by atoms with Crippen LogP contribution in [-0.2, 0) is 0 Å². The number of rotatable bonds is 1. The molecule has 0 bridgehead atoms. The quantitative estimate of drug-likeness (QED) is 0.454. The van der Waals surface area contributed by atoms with Gasteiger partial charge in [0.05, 0.1) is 0 Å². The number of hydrogen-bond acceptors (Lipinski definition) is 0. The van der Waals surface area contributed by atoms with Crippen molar-refractivity contribution >= 4 is 43.8 Å². The van der Waals surface area contributed by atoms with Gasteiger partial charge in [0, 0.05) is 0 Å². The second kappa shape index (κ2) is 4.56. The van der Waals surface area contributed by atoms with Gasteiger partial charge in [-0.3, -0.25) is 0 Å². The minimum atomic E-state index is 1.21. The first-order chi connectivity index (χ1) is 9.84. The van der Waals surface area contributed by atoms with E-state index in [1.807, 2.05) is 0 Å². The van der Waals surface area contributed by atoms with Crippen LogP contribution in [0.4, 0.5) is 0 Å². The van der Waals surface area contributed by atoms with Gasteiger partial charge in [0.1, 0.15) is 0 Å². The van der Waals surface area contributed by atoms with Crippen LogP contribution in [0.25, 0.3) is 27.5 Å². The maximum absolute atomic E-state index is 2.34. The molecule has 1 aromatic heterocycles. The van der Waals surface area contributed by atoms with Gasteiger partial charge in [0.2, 0.25) is 0 Å². The van der Waals surface area contributed by atoms with Gasteiger partial charge in [-0.05, 0) is 0 Å². The molecule has 4 rings (SSSR count). The van der Waals surface area contributed by atoms with Crippen molar-refractivity contribution in [1.29, 1.82) is 0 Å². The van der Waals surface area contributed by atoms with Crippen LogP contribution in [0.2, 0.25) is 0 Å². The fourth-order valence-corrected chi connectivity index (χ4v) is 2.94. The van der Waals surface area contributed by atoms with Crippen molar-refractivity contribution < 1.29 is 0 Å². The Labute approximate surface area is 127 Å². The third kappa shape index (κ3) is 1.72. The second-order valence-electron chi connectivity index (χ2n) is 5.21. The molecule has 90 valence electrons. The van der Waals surface area contributed by atoms with Crippen molar-refractivity contribution in [3.63, 3.8) is 0 Å². The van der Waals surface area contributed by atoms with E-state index >= 15 is 0 Å². The van der Waals surface area contributed by atoms with Crippen LogP contribution >= 0.6 is 0 Å². The Hall–Kier alpha value is -1.94. The van der Waals surface area contributed by atoms with Gasteiger partial charge in [0.15, 0.2) is 0 Å². The van der Waals surface area contributed by atoms with E-state index in [1.165, 1.54) is 31.7 Å². The Morgan fingerprint density at radius 3 is 2.20 bits per heavy atom. The van der Waals surface area contributed by atoms with Gasteiger partial charge < -0.3 is 0 Å². The topological polar surface area (TPSA) is 4.93 Å². The predicted molar refractivity (Wildman–Crippen MR) is 86.2 cm³/mol. The maximum atomic E-state index is 2.34. The molecule has 0 N–H and O–H groups in total. The van der Waals surface area contributed by atoms with Crippen LogP contribution in [-0.4, -0.2) is 22.3 Å². The molecular weight excluding hydrogens is 237 g/mol. The van der Waals surface area contributed by atoms with E-state index in [4.69, 9.17) is 0 Å². The Bertz CT molecular complexity index is 907. The molecule has 0 amide bonds. The number of para-hydroxylation sites is 2. The van der Waals surface area contributed by atoms with Crippen molar-refractivity contribution in [2.24, 2.45) is 0 Å². The van der Waals surface area contributed by atoms with E-state index in [2.05, 4.69) is 95.1 Å². The SMILES string of the molecule is [Li][c]1ccc2c(c1)c1ccccc1n2-c1ccccc1. The summed E-state index contributed by atoms with van der Waals surface area (Å²) in [7, 11) is 0. The number of nitrogens with zero attached hydrogens (tertiary/aromatic N) is 1. The standard InChI is InChI=1S/C18H12N.Li/c1-2-8-14(9-3-1)19-17-12-6-4-10-15(17)16-11-5-7-13-18(16)19;/h1-4,6-13H;. The van der Waals surface area contributed by atoms with Crippen molar-refractivity contribution in [2.75, 3.05) is 0 Å². The Morgan fingerprint density at radius 1 is 0.650 bits per heavy atom. The summed E-state index contributed by atoms with van der Waals surface area (Å²) in [6.45, 7) is 0. The number of aromatic nitrogens is 1. The summed E-state index contributed by atoms with van der Waals surface area (Å²) in [5.41, 5.74) is 3.74. The number of hydrogen-bond donors (Lipinski definition) is 0. The van der Waals surface area contributed by atoms with Crippen LogP contribution in [0.15, 0.2) is 72.8 Å². The van der Waals surface area contributed by atoms with Crippen molar-refractivity contribution in [3.05, 3.63) is 72.8 Å². The van der Waals surface area contributed by atoms with Gasteiger partial charge in [-0.15, -0.1) is 0 Å². The molecule has 0 saturated carbocycles. The van der Waals surface area contributed by atoms with Crippen LogP contribution in [0, 0.1) is 0 Å². The molecule has 1 nitrogen and oxygen atoms in total. The zero-order valence-corrected chi connectivity index (χ0v) is 11.4. The molecule has 3 aromatic carbocycles. The molecule has 0 atom stereocenters. The second-order valence-corrected chi connectivity index (χ2v) is 5.21. The monoisotopic (exact) mass is 249 g/mol. The minimum absolute atomic E-state index is 1.21. The normalized spacial score (nSPS) is 11.3. The van der Waals surface area contributed by atoms with Crippen molar-refractivity contribution in [2.45, 2.75) is 0 Å². The van der Waals surface area contributed by atoms with Gasteiger partial charge in [-0.2, -0.15) is 0 Å². The molecule has 0 fully saturated rings. The molecule has 0 saturated heterocycles. The first kappa shape index (κ1) is 11.8. The summed E-state index contributed by atoms with van der Waals surface area (Å²) in [6, 6.07) is 25.8. The summed E-state index contributed by atoms with van der Waals surface area (Å²) in [4.78, 5) is 0. The average Bonchev–Trinajstić information content (AvgIpc) is 2.82. The molecule has 1 heterocycles. The fraction of sp³-hybridized carbons (Fsp3) is 0. The zero-order valence-electron chi connectivity index (χ0n) is 11.4. The van der Waals surface area contributed by atoms with Crippen LogP contribution in [0.1, 0.15) is 0 Å². The van der Waals surface area contributed by atoms with Crippen molar-refractivity contribution in [3.8, 4) is 5.69 Å². The first-order valence-corrected chi connectivity index (χ1v) is 6.90. The molecule has 0 radical (unpaired) electrons. The number of fused-ring (bicyclic) bond motifs is 3. The van der Waals surface area contributed by atoms with Crippen LogP contribution in [0.3, 0.4) is 0 Å². The van der Waals surface area contributed by atoms with Crippen molar-refractivity contribution in [1.82, 2.24) is 4.57 Å². The molecule has 20 heavy (non-hydrogen) atoms. The van der Waals surface area contributed by atoms with E-state index < -0.39 is 0 Å². The summed E-state index contributed by atoms with van der Waals surface area (Å²) < 4.78 is 3.64. The third-order valence-corrected chi connectivity index (χ3v) is 3.84. The third-order valence-electron chi connectivity index (χ3n) is 3.84. The Balaban J connectivity index is 2.22. The fourth-order valence-electron chi connectivity index (χ4n) is 2.94. The molecule has 2 heteroatoms. The molecular formula is C18H12LiN. The van der Waals surface area contributed by atoms with E-state index in [0.29, 0.717) is 0 Å². The Morgan fingerprint density at radius 2 is 1.35 bits per heavy atom. The molecule has 0 aliphatic heterocycles. The molecule has 0 spiro atoms. The first-order valence-electron chi connectivity index (χ1n) is 6.90. The average molecular weight is 249 g/mol.